The first kappa shape index (κ1) is 17.5. The number of pyridine rings is 1. The van der Waals surface area contributed by atoms with Gasteiger partial charge in [-0.3, -0.25) is 4.79 Å². The number of likely N-dealkylation sites (tertiary alicyclic amines) is 1. The maximum absolute atomic E-state index is 11.9. The molecule has 2 rings (SSSR count). The Bertz CT molecular complexity index is 609. The Hall–Kier alpha value is -1.82. The van der Waals surface area contributed by atoms with Crippen molar-refractivity contribution in [3.05, 3.63) is 33.2 Å². The highest BCUT2D eigenvalue weighted by molar-refractivity contribution is 5.73. The number of nitrogens with zero attached hydrogens (tertiary/aromatic N) is 1. The van der Waals surface area contributed by atoms with E-state index in [4.69, 9.17) is 0 Å². The molecule has 0 aliphatic carbocycles. The summed E-state index contributed by atoms with van der Waals surface area (Å²) in [5, 5.41) is 5.69. The molecule has 0 unspecified atom stereocenters. The third kappa shape index (κ3) is 4.82. The van der Waals surface area contributed by atoms with Crippen molar-refractivity contribution in [2.45, 2.75) is 46.7 Å². The van der Waals surface area contributed by atoms with Crippen LogP contribution in [-0.2, 0) is 6.54 Å². The number of carbonyl (C=O) groups excluding carboxylic acids is 1. The summed E-state index contributed by atoms with van der Waals surface area (Å²) < 4.78 is 0. The number of H-pyrrole nitrogens is 1. The molecule has 1 saturated heterocycles. The molecule has 1 aliphatic heterocycles. The first-order valence-corrected chi connectivity index (χ1v) is 8.32. The lowest BCUT2D eigenvalue weighted by Crippen LogP contribution is -2.39. The molecule has 0 aromatic carbocycles. The minimum absolute atomic E-state index is 0.133. The molecule has 128 valence electrons. The van der Waals surface area contributed by atoms with Crippen molar-refractivity contribution in [3.63, 3.8) is 0 Å². The molecule has 1 fully saturated rings. The minimum atomic E-state index is -0.215. The Morgan fingerprint density at radius 2 is 2.13 bits per heavy atom. The van der Waals surface area contributed by atoms with Crippen LogP contribution in [0.2, 0.25) is 0 Å². The van der Waals surface area contributed by atoms with Gasteiger partial charge < -0.3 is 20.5 Å². The van der Waals surface area contributed by atoms with Gasteiger partial charge in [-0.2, -0.15) is 0 Å². The second-order valence-electron chi connectivity index (χ2n) is 6.75. The molecule has 1 aliphatic rings. The summed E-state index contributed by atoms with van der Waals surface area (Å²) in [6.45, 7) is 11.2. The van der Waals surface area contributed by atoms with Gasteiger partial charge in [0.15, 0.2) is 0 Å². The number of nitrogens with one attached hydrogen (secondary N) is 3. The number of amides is 2. The third-order valence-electron chi connectivity index (χ3n) is 4.52. The average molecular weight is 320 g/mol. The zero-order valence-corrected chi connectivity index (χ0v) is 14.5. The zero-order valence-electron chi connectivity index (χ0n) is 14.5. The first-order chi connectivity index (χ1) is 10.9. The molecule has 3 N–H and O–H groups in total. The number of hydrogen-bond donors (Lipinski definition) is 3. The summed E-state index contributed by atoms with van der Waals surface area (Å²) in [6.07, 6.45) is 1.12. The van der Waals surface area contributed by atoms with Crippen LogP contribution in [-0.4, -0.2) is 41.6 Å². The van der Waals surface area contributed by atoms with E-state index >= 15 is 0 Å². The number of aromatic amines is 1. The Morgan fingerprint density at radius 1 is 1.39 bits per heavy atom. The average Bonchev–Trinajstić information content (AvgIpc) is 2.93. The minimum Gasteiger partial charge on any atom is -0.338 e. The van der Waals surface area contributed by atoms with Crippen LogP contribution in [0.25, 0.3) is 0 Å². The highest BCUT2D eigenvalue weighted by atomic mass is 16.2. The molecule has 1 atom stereocenters. The second kappa shape index (κ2) is 7.64. The summed E-state index contributed by atoms with van der Waals surface area (Å²) >= 11 is 0. The topological polar surface area (TPSA) is 77.2 Å². The van der Waals surface area contributed by atoms with Crippen LogP contribution in [0.1, 0.15) is 37.1 Å². The smallest absolute Gasteiger partial charge is 0.315 e. The van der Waals surface area contributed by atoms with Crippen molar-refractivity contribution in [2.75, 3.05) is 19.6 Å². The van der Waals surface area contributed by atoms with Gasteiger partial charge in [0.2, 0.25) is 0 Å². The van der Waals surface area contributed by atoms with Crippen LogP contribution in [0.3, 0.4) is 0 Å². The van der Waals surface area contributed by atoms with E-state index in [0.717, 1.165) is 30.8 Å². The van der Waals surface area contributed by atoms with E-state index in [1.807, 2.05) is 19.9 Å². The van der Waals surface area contributed by atoms with E-state index in [1.54, 1.807) is 0 Å². The molecule has 6 nitrogen and oxygen atoms in total. The SMILES string of the molecule is Cc1cc(C)c(CNC(=O)NC[C@H]2CCN(C(C)C)C2)c(=O)[nH]1. The fourth-order valence-corrected chi connectivity index (χ4v) is 3.07. The lowest BCUT2D eigenvalue weighted by atomic mass is 10.1. The number of aryl methyl sites for hydroxylation is 2. The second-order valence-corrected chi connectivity index (χ2v) is 6.75. The van der Waals surface area contributed by atoms with Crippen LogP contribution >= 0.6 is 0 Å². The van der Waals surface area contributed by atoms with Gasteiger partial charge in [-0.15, -0.1) is 0 Å². The van der Waals surface area contributed by atoms with Crippen molar-refractivity contribution in [2.24, 2.45) is 5.92 Å². The van der Waals surface area contributed by atoms with E-state index in [2.05, 4.69) is 34.4 Å². The Labute approximate surface area is 137 Å². The molecule has 0 bridgehead atoms. The van der Waals surface area contributed by atoms with Crippen LogP contribution in [0.15, 0.2) is 10.9 Å². The molecular formula is C17H28N4O2. The number of carbonyl (C=O) groups is 1. The fourth-order valence-electron chi connectivity index (χ4n) is 3.07. The van der Waals surface area contributed by atoms with E-state index in [9.17, 15) is 9.59 Å². The lowest BCUT2D eigenvalue weighted by molar-refractivity contribution is 0.236. The van der Waals surface area contributed by atoms with Crippen molar-refractivity contribution in [1.29, 1.82) is 0 Å². The van der Waals surface area contributed by atoms with Crippen LogP contribution in [0.4, 0.5) is 4.79 Å². The Balaban J connectivity index is 1.77. The van der Waals surface area contributed by atoms with E-state index in [0.29, 0.717) is 24.1 Å². The van der Waals surface area contributed by atoms with Gasteiger partial charge in [0.25, 0.3) is 5.56 Å². The normalized spacial score (nSPS) is 18.4. The Kier molecular flexibility index (Phi) is 5.82. The lowest BCUT2D eigenvalue weighted by Gasteiger charge is -2.20. The largest absolute Gasteiger partial charge is 0.338 e. The van der Waals surface area contributed by atoms with E-state index in [1.165, 1.54) is 0 Å². The monoisotopic (exact) mass is 320 g/mol. The van der Waals surface area contributed by atoms with Gasteiger partial charge in [-0.05, 0) is 58.2 Å². The summed E-state index contributed by atoms with van der Waals surface area (Å²) in [4.78, 5) is 29.0. The standard InChI is InChI=1S/C17H28N4O2/c1-11(2)21-6-5-14(10-21)8-18-17(23)19-9-15-12(3)7-13(4)20-16(15)22/h7,11,14H,5-6,8-10H2,1-4H3,(H,20,22)(H2,18,19,23)/t14-/m1/s1. The van der Waals surface area contributed by atoms with Gasteiger partial charge in [-0.1, -0.05) is 0 Å². The van der Waals surface area contributed by atoms with Crippen molar-refractivity contribution < 1.29 is 4.79 Å². The van der Waals surface area contributed by atoms with Gasteiger partial charge >= 0.3 is 6.03 Å². The molecule has 6 heteroatoms. The molecule has 0 spiro atoms. The van der Waals surface area contributed by atoms with Crippen LogP contribution < -0.4 is 16.2 Å². The maximum atomic E-state index is 11.9. The van der Waals surface area contributed by atoms with Gasteiger partial charge in [0.1, 0.15) is 0 Å². The number of hydrogen-bond acceptors (Lipinski definition) is 3. The van der Waals surface area contributed by atoms with E-state index < -0.39 is 0 Å². The molecule has 0 radical (unpaired) electrons. The molecule has 1 aromatic rings. The predicted molar refractivity (Wildman–Crippen MR) is 91.6 cm³/mol. The number of urea groups is 1. The fraction of sp³-hybridized carbons (Fsp3) is 0.647. The summed E-state index contributed by atoms with van der Waals surface area (Å²) in [7, 11) is 0. The summed E-state index contributed by atoms with van der Waals surface area (Å²) in [6, 6.07) is 2.26. The molecule has 23 heavy (non-hydrogen) atoms. The van der Waals surface area contributed by atoms with Crippen molar-refractivity contribution in [1.82, 2.24) is 20.5 Å². The highest BCUT2D eigenvalue weighted by Gasteiger charge is 2.24. The molecule has 2 heterocycles. The van der Waals surface area contributed by atoms with Crippen LogP contribution in [0, 0.1) is 19.8 Å². The third-order valence-corrected chi connectivity index (χ3v) is 4.52. The van der Waals surface area contributed by atoms with Gasteiger partial charge in [0.05, 0.1) is 6.54 Å². The number of rotatable bonds is 5. The van der Waals surface area contributed by atoms with E-state index in [-0.39, 0.29) is 18.1 Å². The summed E-state index contributed by atoms with van der Waals surface area (Å²) in [5.41, 5.74) is 2.20. The highest BCUT2D eigenvalue weighted by Crippen LogP contribution is 2.17. The van der Waals surface area contributed by atoms with Gasteiger partial charge in [0, 0.05) is 30.4 Å². The molecule has 0 saturated carbocycles. The molecule has 1 aromatic heterocycles. The summed E-state index contributed by atoms with van der Waals surface area (Å²) in [5.74, 6) is 0.507. The number of aromatic nitrogens is 1. The molecule has 2 amide bonds. The van der Waals surface area contributed by atoms with Crippen molar-refractivity contribution in [3.8, 4) is 0 Å². The predicted octanol–water partition coefficient (Wildman–Crippen LogP) is 1.52. The van der Waals surface area contributed by atoms with Gasteiger partial charge in [-0.25, -0.2) is 4.79 Å². The quantitative estimate of drug-likeness (QED) is 0.770. The molecular weight excluding hydrogens is 292 g/mol. The first-order valence-electron chi connectivity index (χ1n) is 8.32. The van der Waals surface area contributed by atoms with Crippen molar-refractivity contribution >= 4 is 6.03 Å². The Morgan fingerprint density at radius 3 is 2.74 bits per heavy atom. The zero-order chi connectivity index (χ0) is 17.0. The van der Waals surface area contributed by atoms with Crippen LogP contribution in [0.5, 0.6) is 0 Å². The maximum Gasteiger partial charge on any atom is 0.315 e.